The first-order valence-electron chi connectivity index (χ1n) is 10.6. The minimum atomic E-state index is -1.19. The molecule has 5 heteroatoms. The van der Waals surface area contributed by atoms with E-state index in [1.54, 1.807) is 4.90 Å². The van der Waals surface area contributed by atoms with Crippen LogP contribution in [0.4, 0.5) is 9.18 Å². The fourth-order valence-electron chi connectivity index (χ4n) is 4.12. The number of hydrogen-bond acceptors (Lipinski definition) is 3. The van der Waals surface area contributed by atoms with Crippen molar-refractivity contribution >= 4 is 6.09 Å². The third-order valence-electron chi connectivity index (χ3n) is 6.12. The Labute approximate surface area is 172 Å². The minimum absolute atomic E-state index is 0.255. The Morgan fingerprint density at radius 1 is 1.07 bits per heavy atom. The first-order chi connectivity index (χ1) is 14.1. The zero-order chi connectivity index (χ0) is 20.1. The van der Waals surface area contributed by atoms with Gasteiger partial charge in [-0.2, -0.15) is 0 Å². The number of piperidine rings is 1. The number of nitrogens with zero attached hydrogens (tertiary/aromatic N) is 1. The Morgan fingerprint density at radius 3 is 2.41 bits per heavy atom. The normalized spacial score (nSPS) is 22.9. The maximum Gasteiger partial charge on any atom is 0.410 e. The lowest BCUT2D eigenvalue weighted by Crippen LogP contribution is -2.45. The Bertz CT molecular complexity index is 791. The zero-order valence-electron chi connectivity index (χ0n) is 16.7. The molecule has 2 aromatic rings. The van der Waals surface area contributed by atoms with Crippen LogP contribution in [0.15, 0.2) is 60.7 Å². The molecule has 2 unspecified atom stereocenters. The fourth-order valence-corrected chi connectivity index (χ4v) is 4.12. The lowest BCUT2D eigenvalue weighted by atomic mass is 9.90. The Kier molecular flexibility index (Phi) is 6.14. The second kappa shape index (κ2) is 8.95. The monoisotopic (exact) mass is 396 g/mol. The molecule has 154 valence electrons. The number of rotatable bonds is 7. The van der Waals surface area contributed by atoms with Gasteiger partial charge in [-0.15, -0.1) is 0 Å². The number of ether oxygens (including phenoxy) is 1. The van der Waals surface area contributed by atoms with Gasteiger partial charge in [-0.05, 0) is 43.4 Å². The quantitative estimate of drug-likeness (QED) is 0.740. The molecule has 0 bridgehead atoms. The van der Waals surface area contributed by atoms with Gasteiger partial charge in [0.05, 0.1) is 0 Å². The summed E-state index contributed by atoms with van der Waals surface area (Å²) in [7, 11) is 0. The van der Waals surface area contributed by atoms with Crippen molar-refractivity contribution in [3.05, 3.63) is 71.8 Å². The van der Waals surface area contributed by atoms with E-state index in [-0.39, 0.29) is 12.7 Å². The van der Waals surface area contributed by atoms with E-state index in [2.05, 4.69) is 29.6 Å². The molecule has 2 fully saturated rings. The molecule has 1 saturated carbocycles. The molecular weight excluding hydrogens is 367 g/mol. The van der Waals surface area contributed by atoms with Gasteiger partial charge in [0.2, 0.25) is 0 Å². The first kappa shape index (κ1) is 19.9. The number of halogens is 1. The third kappa shape index (κ3) is 5.36. The van der Waals surface area contributed by atoms with Gasteiger partial charge in [0.25, 0.3) is 0 Å². The molecule has 4 rings (SSSR count). The Morgan fingerprint density at radius 2 is 1.72 bits per heavy atom. The highest BCUT2D eigenvalue weighted by Crippen LogP contribution is 2.41. The van der Waals surface area contributed by atoms with Crippen LogP contribution in [0.25, 0.3) is 0 Å². The van der Waals surface area contributed by atoms with Crippen LogP contribution < -0.4 is 5.32 Å². The zero-order valence-corrected chi connectivity index (χ0v) is 16.7. The van der Waals surface area contributed by atoms with Crippen molar-refractivity contribution in [3.8, 4) is 0 Å². The highest BCUT2D eigenvalue weighted by atomic mass is 19.1. The van der Waals surface area contributed by atoms with Crippen LogP contribution in [0, 0.1) is 0 Å². The van der Waals surface area contributed by atoms with Crippen molar-refractivity contribution in [2.45, 2.75) is 49.9 Å². The topological polar surface area (TPSA) is 41.6 Å². The molecule has 1 saturated heterocycles. The van der Waals surface area contributed by atoms with Crippen LogP contribution in [-0.4, -0.2) is 42.3 Å². The molecule has 1 heterocycles. The lowest BCUT2D eigenvalue weighted by Gasteiger charge is -2.36. The number of benzene rings is 2. The number of carbonyl (C=O) groups excluding carboxylic acids is 1. The van der Waals surface area contributed by atoms with Gasteiger partial charge in [0, 0.05) is 25.0 Å². The predicted octanol–water partition coefficient (Wildman–Crippen LogP) is 4.66. The summed E-state index contributed by atoms with van der Waals surface area (Å²) in [6, 6.07) is 20.6. The molecule has 2 aromatic carbocycles. The molecule has 2 atom stereocenters. The summed E-state index contributed by atoms with van der Waals surface area (Å²) < 4.78 is 20.5. The van der Waals surface area contributed by atoms with Crippen LogP contribution in [0.1, 0.15) is 42.7 Å². The van der Waals surface area contributed by atoms with E-state index >= 15 is 4.39 Å². The van der Waals surface area contributed by atoms with Gasteiger partial charge < -0.3 is 15.0 Å². The summed E-state index contributed by atoms with van der Waals surface area (Å²) >= 11 is 0. The van der Waals surface area contributed by atoms with Gasteiger partial charge in [-0.1, -0.05) is 60.7 Å². The number of amides is 1. The number of alkyl halides is 1. The number of likely N-dealkylation sites (tertiary alicyclic amines) is 1. The van der Waals surface area contributed by atoms with E-state index in [1.807, 2.05) is 36.4 Å². The molecule has 1 aliphatic carbocycles. The molecular formula is C24H29FN2O2. The first-order valence-corrected chi connectivity index (χ1v) is 10.6. The molecule has 29 heavy (non-hydrogen) atoms. The minimum Gasteiger partial charge on any atom is -0.445 e. The van der Waals surface area contributed by atoms with E-state index < -0.39 is 5.67 Å². The number of carbonyl (C=O) groups is 1. The van der Waals surface area contributed by atoms with Gasteiger partial charge >= 0.3 is 6.09 Å². The van der Waals surface area contributed by atoms with Crippen LogP contribution in [0.3, 0.4) is 0 Å². The van der Waals surface area contributed by atoms with E-state index in [0.717, 1.165) is 12.0 Å². The molecule has 0 spiro atoms. The van der Waals surface area contributed by atoms with Crippen LogP contribution in [0.2, 0.25) is 0 Å². The fraction of sp³-hybridized carbons (Fsp3) is 0.458. The van der Waals surface area contributed by atoms with Crippen LogP contribution >= 0.6 is 0 Å². The summed E-state index contributed by atoms with van der Waals surface area (Å²) in [6.45, 7) is 1.77. The van der Waals surface area contributed by atoms with E-state index in [1.165, 1.54) is 5.56 Å². The van der Waals surface area contributed by atoms with Crippen molar-refractivity contribution in [1.29, 1.82) is 0 Å². The van der Waals surface area contributed by atoms with Gasteiger partial charge in [-0.3, -0.25) is 0 Å². The van der Waals surface area contributed by atoms with E-state index in [4.69, 9.17) is 4.74 Å². The largest absolute Gasteiger partial charge is 0.445 e. The molecule has 1 aliphatic heterocycles. The second-order valence-corrected chi connectivity index (χ2v) is 8.24. The average molecular weight is 397 g/mol. The van der Waals surface area contributed by atoms with Crippen LogP contribution in [-0.2, 0) is 11.3 Å². The maximum atomic E-state index is 15.1. The maximum absolute atomic E-state index is 15.1. The van der Waals surface area contributed by atoms with E-state index in [9.17, 15) is 4.79 Å². The molecule has 0 radical (unpaired) electrons. The van der Waals surface area contributed by atoms with Crippen molar-refractivity contribution in [2.24, 2.45) is 0 Å². The van der Waals surface area contributed by atoms with Crippen molar-refractivity contribution in [1.82, 2.24) is 10.2 Å². The molecule has 2 aliphatic rings. The van der Waals surface area contributed by atoms with Crippen LogP contribution in [0.5, 0.6) is 0 Å². The highest BCUT2D eigenvalue weighted by molar-refractivity contribution is 5.67. The molecule has 1 amide bonds. The standard InChI is InChI=1S/C24H29FN2O2/c25-24(11-14-26-22-17-21(22)20-9-5-2-6-10-20)12-15-27(16-13-24)23(28)29-18-19-7-3-1-4-8-19/h1-10,21-22,26H,11-18H2. The lowest BCUT2D eigenvalue weighted by molar-refractivity contribution is 0.0366. The smallest absolute Gasteiger partial charge is 0.410 e. The van der Waals surface area contributed by atoms with Crippen molar-refractivity contribution in [3.63, 3.8) is 0 Å². The number of nitrogens with one attached hydrogen (secondary N) is 1. The Hall–Kier alpha value is -2.40. The highest BCUT2D eigenvalue weighted by Gasteiger charge is 2.40. The van der Waals surface area contributed by atoms with Gasteiger partial charge in [0.1, 0.15) is 12.3 Å². The third-order valence-corrected chi connectivity index (χ3v) is 6.12. The second-order valence-electron chi connectivity index (χ2n) is 8.24. The summed E-state index contributed by atoms with van der Waals surface area (Å²) in [5, 5.41) is 3.50. The average Bonchev–Trinajstić information content (AvgIpc) is 3.53. The SMILES string of the molecule is O=C(OCc1ccccc1)N1CCC(F)(CCNC2CC2c2ccccc2)CC1. The summed E-state index contributed by atoms with van der Waals surface area (Å²) in [5.41, 5.74) is 1.13. The summed E-state index contributed by atoms with van der Waals surface area (Å²) in [6.07, 6.45) is 2.03. The van der Waals surface area contributed by atoms with Crippen molar-refractivity contribution < 1.29 is 13.9 Å². The van der Waals surface area contributed by atoms with E-state index in [0.29, 0.717) is 50.9 Å². The molecule has 4 nitrogen and oxygen atoms in total. The van der Waals surface area contributed by atoms with Crippen molar-refractivity contribution in [2.75, 3.05) is 19.6 Å². The molecule has 1 N–H and O–H groups in total. The Balaban J connectivity index is 1.15. The number of hydrogen-bond donors (Lipinski definition) is 1. The molecule has 0 aromatic heterocycles. The summed E-state index contributed by atoms with van der Waals surface area (Å²) in [5.74, 6) is 0.563. The summed E-state index contributed by atoms with van der Waals surface area (Å²) in [4.78, 5) is 13.9. The van der Waals surface area contributed by atoms with Gasteiger partial charge in [0.15, 0.2) is 0 Å². The van der Waals surface area contributed by atoms with Gasteiger partial charge in [-0.25, -0.2) is 9.18 Å². The predicted molar refractivity (Wildman–Crippen MR) is 111 cm³/mol.